The van der Waals surface area contributed by atoms with E-state index in [1.165, 1.54) is 5.56 Å². The van der Waals surface area contributed by atoms with Crippen LogP contribution in [0.25, 0.3) is 0 Å². The number of nitrogens with zero attached hydrogens (tertiary/aromatic N) is 1. The Balaban J connectivity index is 1.50. The molecule has 28 heavy (non-hydrogen) atoms. The fourth-order valence-corrected chi connectivity index (χ4v) is 2.72. The molecule has 0 aromatic heterocycles. The van der Waals surface area contributed by atoms with E-state index in [-0.39, 0.29) is 5.91 Å². The number of carbonyl (C=O) groups is 1. The number of hydrazone groups is 1. The molecule has 4 heteroatoms. The third-order valence-electron chi connectivity index (χ3n) is 4.31. The molecule has 0 fully saturated rings. The number of ether oxygens (including phenoxy) is 1. The third-order valence-corrected chi connectivity index (χ3v) is 4.31. The Morgan fingerprint density at radius 1 is 0.929 bits per heavy atom. The number of rotatable bonds is 8. The van der Waals surface area contributed by atoms with Crippen molar-refractivity contribution in [3.63, 3.8) is 0 Å². The minimum atomic E-state index is -0.142. The van der Waals surface area contributed by atoms with Crippen molar-refractivity contribution in [2.75, 3.05) is 0 Å². The summed E-state index contributed by atoms with van der Waals surface area (Å²) in [6.45, 7) is 2.62. The molecule has 1 N–H and O–H groups in total. The molecule has 3 aromatic rings. The van der Waals surface area contributed by atoms with Crippen molar-refractivity contribution < 1.29 is 9.53 Å². The summed E-state index contributed by atoms with van der Waals surface area (Å²) in [5.74, 6) is 0.618. The molecule has 0 radical (unpaired) electrons. The second kappa shape index (κ2) is 10.1. The molecule has 0 atom stereocenters. The molecule has 3 aromatic carbocycles. The van der Waals surface area contributed by atoms with Crippen molar-refractivity contribution >= 4 is 12.1 Å². The molecule has 0 bridgehead atoms. The summed E-state index contributed by atoms with van der Waals surface area (Å²) in [4.78, 5) is 12.0. The first kappa shape index (κ1) is 19.4. The fourth-order valence-electron chi connectivity index (χ4n) is 2.72. The average molecular weight is 372 g/mol. The zero-order valence-corrected chi connectivity index (χ0v) is 16.0. The smallest absolute Gasteiger partial charge is 0.244 e. The summed E-state index contributed by atoms with van der Waals surface area (Å²) in [5.41, 5.74) is 6.78. The van der Waals surface area contributed by atoms with Crippen LogP contribution in [0.2, 0.25) is 0 Å². The Kier molecular flexibility index (Phi) is 6.96. The van der Waals surface area contributed by atoms with Crippen molar-refractivity contribution in [3.05, 3.63) is 101 Å². The standard InChI is InChI=1S/C24H24N2O2/c1-2-19-11-13-20(14-12-19)16-24(27)26-25-17-22-9-6-10-23(15-22)28-18-21-7-4-3-5-8-21/h3-15,17H,2,16,18H2,1H3,(H,26,27)/b25-17-. The van der Waals surface area contributed by atoms with Crippen LogP contribution in [-0.4, -0.2) is 12.1 Å². The van der Waals surface area contributed by atoms with Gasteiger partial charge in [0, 0.05) is 0 Å². The molecular weight excluding hydrogens is 348 g/mol. The van der Waals surface area contributed by atoms with Crippen molar-refractivity contribution in [2.45, 2.75) is 26.4 Å². The average Bonchev–Trinajstić information content (AvgIpc) is 2.74. The van der Waals surface area contributed by atoms with Crippen molar-refractivity contribution in [3.8, 4) is 5.75 Å². The van der Waals surface area contributed by atoms with Crippen LogP contribution in [0.15, 0.2) is 84.0 Å². The summed E-state index contributed by atoms with van der Waals surface area (Å²) < 4.78 is 5.81. The number of carbonyl (C=O) groups excluding carboxylic acids is 1. The summed E-state index contributed by atoms with van der Waals surface area (Å²) in [6, 6.07) is 25.7. The van der Waals surface area contributed by atoms with E-state index in [1.54, 1.807) is 6.21 Å². The van der Waals surface area contributed by atoms with Crippen LogP contribution in [0.4, 0.5) is 0 Å². The molecule has 3 rings (SSSR count). The van der Waals surface area contributed by atoms with Crippen LogP contribution in [0.1, 0.15) is 29.2 Å². The highest BCUT2D eigenvalue weighted by molar-refractivity contribution is 5.83. The highest BCUT2D eigenvalue weighted by Crippen LogP contribution is 2.14. The van der Waals surface area contributed by atoms with E-state index in [9.17, 15) is 4.79 Å². The molecule has 0 aliphatic rings. The topological polar surface area (TPSA) is 50.7 Å². The van der Waals surface area contributed by atoms with Crippen molar-refractivity contribution in [1.29, 1.82) is 0 Å². The van der Waals surface area contributed by atoms with Gasteiger partial charge in [-0.2, -0.15) is 5.10 Å². The van der Waals surface area contributed by atoms with Gasteiger partial charge in [0.15, 0.2) is 0 Å². The first-order valence-corrected chi connectivity index (χ1v) is 9.39. The van der Waals surface area contributed by atoms with Gasteiger partial charge in [0.25, 0.3) is 0 Å². The molecule has 1 amide bonds. The molecule has 0 unspecified atom stereocenters. The van der Waals surface area contributed by atoms with E-state index in [1.807, 2.05) is 78.9 Å². The van der Waals surface area contributed by atoms with Gasteiger partial charge in [0.05, 0.1) is 12.6 Å². The Hall–Kier alpha value is -3.40. The lowest BCUT2D eigenvalue weighted by atomic mass is 10.1. The van der Waals surface area contributed by atoms with E-state index < -0.39 is 0 Å². The third kappa shape index (κ3) is 6.09. The lowest BCUT2D eigenvalue weighted by Gasteiger charge is -2.06. The van der Waals surface area contributed by atoms with Crippen LogP contribution < -0.4 is 10.2 Å². The van der Waals surface area contributed by atoms with Gasteiger partial charge >= 0.3 is 0 Å². The van der Waals surface area contributed by atoms with Crippen LogP contribution in [0, 0.1) is 0 Å². The van der Waals surface area contributed by atoms with Crippen molar-refractivity contribution in [2.24, 2.45) is 5.10 Å². The maximum absolute atomic E-state index is 12.0. The summed E-state index contributed by atoms with van der Waals surface area (Å²) in [7, 11) is 0. The largest absolute Gasteiger partial charge is 0.489 e. The highest BCUT2D eigenvalue weighted by atomic mass is 16.5. The van der Waals surface area contributed by atoms with Gasteiger partial charge in [-0.1, -0.05) is 73.7 Å². The van der Waals surface area contributed by atoms with Crippen LogP contribution in [0.3, 0.4) is 0 Å². The van der Waals surface area contributed by atoms with E-state index >= 15 is 0 Å². The molecule has 0 aliphatic heterocycles. The summed E-state index contributed by atoms with van der Waals surface area (Å²) in [5, 5.41) is 4.05. The second-order valence-electron chi connectivity index (χ2n) is 6.49. The normalized spacial score (nSPS) is 10.8. The lowest BCUT2D eigenvalue weighted by Crippen LogP contribution is -2.19. The van der Waals surface area contributed by atoms with Crippen LogP contribution >= 0.6 is 0 Å². The van der Waals surface area contributed by atoms with Gasteiger partial charge in [-0.05, 0) is 40.8 Å². The molecule has 0 saturated heterocycles. The fraction of sp³-hybridized carbons (Fsp3) is 0.167. The Bertz CT molecular complexity index is 919. The van der Waals surface area contributed by atoms with Gasteiger partial charge in [-0.3, -0.25) is 4.79 Å². The number of amides is 1. The maximum atomic E-state index is 12.0. The monoisotopic (exact) mass is 372 g/mol. The van der Waals surface area contributed by atoms with Crippen LogP contribution in [-0.2, 0) is 24.2 Å². The van der Waals surface area contributed by atoms with Gasteiger partial charge in [-0.15, -0.1) is 0 Å². The van der Waals surface area contributed by atoms with Crippen molar-refractivity contribution in [1.82, 2.24) is 5.43 Å². The predicted octanol–water partition coefficient (Wildman–Crippen LogP) is 4.52. The maximum Gasteiger partial charge on any atom is 0.244 e. The number of aryl methyl sites for hydroxylation is 1. The van der Waals surface area contributed by atoms with Gasteiger partial charge in [0.1, 0.15) is 12.4 Å². The van der Waals surface area contributed by atoms with E-state index in [0.29, 0.717) is 13.0 Å². The van der Waals surface area contributed by atoms with E-state index in [2.05, 4.69) is 17.5 Å². The minimum Gasteiger partial charge on any atom is -0.489 e. The first-order chi connectivity index (χ1) is 13.7. The second-order valence-corrected chi connectivity index (χ2v) is 6.49. The van der Waals surface area contributed by atoms with Gasteiger partial charge in [-0.25, -0.2) is 5.43 Å². The molecule has 0 saturated carbocycles. The zero-order chi connectivity index (χ0) is 19.6. The van der Waals surface area contributed by atoms with Gasteiger partial charge < -0.3 is 4.74 Å². The summed E-state index contributed by atoms with van der Waals surface area (Å²) in [6.07, 6.45) is 2.92. The van der Waals surface area contributed by atoms with E-state index in [4.69, 9.17) is 4.74 Å². The first-order valence-electron chi connectivity index (χ1n) is 9.39. The number of nitrogens with one attached hydrogen (secondary N) is 1. The molecule has 0 spiro atoms. The predicted molar refractivity (Wildman–Crippen MR) is 112 cm³/mol. The molecular formula is C24H24N2O2. The summed E-state index contributed by atoms with van der Waals surface area (Å²) >= 11 is 0. The zero-order valence-electron chi connectivity index (χ0n) is 16.0. The van der Waals surface area contributed by atoms with E-state index in [0.717, 1.165) is 28.9 Å². The van der Waals surface area contributed by atoms with Crippen LogP contribution in [0.5, 0.6) is 5.75 Å². The molecule has 4 nitrogen and oxygen atoms in total. The number of benzene rings is 3. The number of hydrogen-bond donors (Lipinski definition) is 1. The molecule has 142 valence electrons. The Labute approximate surface area is 165 Å². The highest BCUT2D eigenvalue weighted by Gasteiger charge is 2.02. The Morgan fingerprint density at radius 3 is 2.43 bits per heavy atom. The van der Waals surface area contributed by atoms with Gasteiger partial charge in [0.2, 0.25) is 5.91 Å². The molecule has 0 aliphatic carbocycles. The SMILES string of the molecule is CCc1ccc(CC(=O)N/N=C\c2cccc(OCc3ccccc3)c2)cc1. The Morgan fingerprint density at radius 2 is 1.68 bits per heavy atom. The number of hydrogen-bond acceptors (Lipinski definition) is 3. The lowest BCUT2D eigenvalue weighted by molar-refractivity contribution is -0.120. The minimum absolute atomic E-state index is 0.142. The quantitative estimate of drug-likeness (QED) is 0.467. The molecule has 0 heterocycles.